The van der Waals surface area contributed by atoms with Gasteiger partial charge in [0.2, 0.25) is 5.91 Å². The molecule has 1 saturated heterocycles. The standard InChI is InChI=1S/C19H25NO5/c1-3-4-17(22)20-9-7-13(8-10-20)5-6-14-11-15(25-2)12-16(21)18(14)19(23)24/h5-6,11-13,21H,3-4,7-10H2,1-2H3,(H,23,24). The molecule has 0 spiro atoms. The summed E-state index contributed by atoms with van der Waals surface area (Å²) >= 11 is 0. The molecule has 0 aliphatic carbocycles. The van der Waals surface area contributed by atoms with Gasteiger partial charge in [-0.25, -0.2) is 4.79 Å². The molecule has 0 radical (unpaired) electrons. The molecule has 1 amide bonds. The lowest BCUT2D eigenvalue weighted by molar-refractivity contribution is -0.132. The molecule has 6 heteroatoms. The first kappa shape index (κ1) is 18.8. The average molecular weight is 347 g/mol. The van der Waals surface area contributed by atoms with Gasteiger partial charge in [0.15, 0.2) is 0 Å². The van der Waals surface area contributed by atoms with Gasteiger partial charge in [-0.2, -0.15) is 0 Å². The summed E-state index contributed by atoms with van der Waals surface area (Å²) < 4.78 is 5.09. The number of piperidine rings is 1. The number of likely N-dealkylation sites (tertiary alicyclic amines) is 1. The molecule has 0 aromatic heterocycles. The van der Waals surface area contributed by atoms with Gasteiger partial charge in [-0.1, -0.05) is 19.1 Å². The maximum atomic E-state index is 11.9. The quantitative estimate of drug-likeness (QED) is 0.825. The molecule has 136 valence electrons. The fourth-order valence-corrected chi connectivity index (χ4v) is 3.06. The van der Waals surface area contributed by atoms with E-state index in [1.165, 1.54) is 13.2 Å². The van der Waals surface area contributed by atoms with Gasteiger partial charge in [0, 0.05) is 25.6 Å². The van der Waals surface area contributed by atoms with E-state index >= 15 is 0 Å². The Morgan fingerprint density at radius 3 is 2.56 bits per heavy atom. The largest absolute Gasteiger partial charge is 0.507 e. The zero-order valence-corrected chi connectivity index (χ0v) is 14.7. The summed E-state index contributed by atoms with van der Waals surface area (Å²) in [6.07, 6.45) is 6.83. The number of carboxylic acid groups (broad SMARTS) is 1. The number of ether oxygens (including phenoxy) is 1. The lowest BCUT2D eigenvalue weighted by atomic mass is 9.94. The molecule has 0 bridgehead atoms. The Kier molecular flexibility index (Phi) is 6.44. The maximum Gasteiger partial charge on any atom is 0.340 e. The summed E-state index contributed by atoms with van der Waals surface area (Å²) in [6, 6.07) is 2.89. The van der Waals surface area contributed by atoms with Crippen LogP contribution in [0.25, 0.3) is 6.08 Å². The Labute approximate surface area is 147 Å². The van der Waals surface area contributed by atoms with E-state index < -0.39 is 5.97 Å². The highest BCUT2D eigenvalue weighted by Gasteiger charge is 2.21. The van der Waals surface area contributed by atoms with Crippen LogP contribution in [0, 0.1) is 5.92 Å². The number of carboxylic acids is 1. The van der Waals surface area contributed by atoms with E-state index in [1.54, 1.807) is 12.1 Å². The summed E-state index contributed by atoms with van der Waals surface area (Å²) in [5, 5.41) is 19.2. The van der Waals surface area contributed by atoms with Crippen molar-refractivity contribution >= 4 is 18.0 Å². The molecule has 1 aromatic carbocycles. The number of phenols is 1. The minimum absolute atomic E-state index is 0.132. The Morgan fingerprint density at radius 2 is 2.00 bits per heavy atom. The number of rotatable bonds is 6. The van der Waals surface area contributed by atoms with Crippen molar-refractivity contribution in [2.75, 3.05) is 20.2 Å². The maximum absolute atomic E-state index is 11.9. The van der Waals surface area contributed by atoms with E-state index in [9.17, 15) is 19.8 Å². The Morgan fingerprint density at radius 1 is 1.32 bits per heavy atom. The topological polar surface area (TPSA) is 87.1 Å². The molecule has 25 heavy (non-hydrogen) atoms. The van der Waals surface area contributed by atoms with E-state index in [2.05, 4.69) is 0 Å². The van der Waals surface area contributed by atoms with Crippen molar-refractivity contribution in [2.24, 2.45) is 5.92 Å². The van der Waals surface area contributed by atoms with Crippen LogP contribution in [0.15, 0.2) is 18.2 Å². The number of nitrogens with zero attached hydrogens (tertiary/aromatic N) is 1. The van der Waals surface area contributed by atoms with Crippen LogP contribution in [-0.4, -0.2) is 47.2 Å². The lowest BCUT2D eigenvalue weighted by Gasteiger charge is -2.30. The van der Waals surface area contributed by atoms with Crippen LogP contribution in [0.4, 0.5) is 0 Å². The molecule has 0 atom stereocenters. The first-order valence-corrected chi connectivity index (χ1v) is 8.56. The molecule has 1 fully saturated rings. The highest BCUT2D eigenvalue weighted by Crippen LogP contribution is 2.30. The third kappa shape index (κ3) is 4.75. The monoisotopic (exact) mass is 347 g/mol. The van der Waals surface area contributed by atoms with E-state index in [0.717, 1.165) is 32.4 Å². The van der Waals surface area contributed by atoms with Crippen molar-refractivity contribution in [3.05, 3.63) is 29.3 Å². The van der Waals surface area contributed by atoms with Crippen molar-refractivity contribution in [3.8, 4) is 11.5 Å². The summed E-state index contributed by atoms with van der Waals surface area (Å²) in [4.78, 5) is 25.2. The van der Waals surface area contributed by atoms with E-state index in [-0.39, 0.29) is 23.1 Å². The van der Waals surface area contributed by atoms with E-state index in [0.29, 0.717) is 17.7 Å². The van der Waals surface area contributed by atoms with Crippen LogP contribution in [-0.2, 0) is 4.79 Å². The van der Waals surface area contributed by atoms with E-state index in [1.807, 2.05) is 17.9 Å². The summed E-state index contributed by atoms with van der Waals surface area (Å²) in [6.45, 7) is 3.45. The summed E-state index contributed by atoms with van der Waals surface area (Å²) in [7, 11) is 1.46. The van der Waals surface area contributed by atoms with Gasteiger partial charge >= 0.3 is 5.97 Å². The summed E-state index contributed by atoms with van der Waals surface area (Å²) in [5.74, 6) is -0.607. The van der Waals surface area contributed by atoms with Crippen molar-refractivity contribution in [1.29, 1.82) is 0 Å². The second-order valence-electron chi connectivity index (χ2n) is 6.24. The third-order valence-corrected chi connectivity index (χ3v) is 4.48. The highest BCUT2D eigenvalue weighted by atomic mass is 16.5. The van der Waals surface area contributed by atoms with Crippen molar-refractivity contribution < 1.29 is 24.5 Å². The predicted molar refractivity (Wildman–Crippen MR) is 94.9 cm³/mol. The number of hydrogen-bond acceptors (Lipinski definition) is 4. The van der Waals surface area contributed by atoms with Gasteiger partial charge in [0.25, 0.3) is 0 Å². The highest BCUT2D eigenvalue weighted by molar-refractivity contribution is 5.95. The molecular formula is C19H25NO5. The summed E-state index contributed by atoms with van der Waals surface area (Å²) in [5.41, 5.74) is 0.279. The van der Waals surface area contributed by atoms with Crippen molar-refractivity contribution in [3.63, 3.8) is 0 Å². The average Bonchev–Trinajstić information content (AvgIpc) is 2.59. The van der Waals surface area contributed by atoms with Gasteiger partial charge in [-0.3, -0.25) is 4.79 Å². The molecule has 0 saturated carbocycles. The van der Waals surface area contributed by atoms with Gasteiger partial charge in [0.05, 0.1) is 7.11 Å². The van der Waals surface area contributed by atoms with Gasteiger partial charge in [0.1, 0.15) is 17.1 Å². The number of hydrogen-bond donors (Lipinski definition) is 2. The van der Waals surface area contributed by atoms with Crippen LogP contribution in [0.5, 0.6) is 11.5 Å². The van der Waals surface area contributed by atoms with Gasteiger partial charge in [-0.05, 0) is 36.8 Å². The van der Waals surface area contributed by atoms with Crippen LogP contribution in [0.2, 0.25) is 0 Å². The molecule has 1 aliphatic rings. The Bertz CT molecular complexity index is 660. The molecule has 0 unspecified atom stereocenters. The number of carbonyl (C=O) groups is 2. The van der Waals surface area contributed by atoms with Crippen LogP contribution in [0.1, 0.15) is 48.5 Å². The normalized spacial score (nSPS) is 15.5. The molecule has 1 aromatic rings. The first-order chi connectivity index (χ1) is 12.0. The molecule has 2 N–H and O–H groups in total. The smallest absolute Gasteiger partial charge is 0.340 e. The predicted octanol–water partition coefficient (Wildman–Crippen LogP) is 3.15. The fraction of sp³-hybridized carbons (Fsp3) is 0.474. The number of aromatic carboxylic acids is 1. The molecule has 2 rings (SSSR count). The minimum atomic E-state index is -1.18. The van der Waals surface area contributed by atoms with Gasteiger partial charge < -0.3 is 19.8 Å². The molecule has 1 heterocycles. The second kappa shape index (κ2) is 8.55. The van der Waals surface area contributed by atoms with Crippen LogP contribution >= 0.6 is 0 Å². The molecule has 6 nitrogen and oxygen atoms in total. The Hall–Kier alpha value is -2.50. The third-order valence-electron chi connectivity index (χ3n) is 4.48. The minimum Gasteiger partial charge on any atom is -0.507 e. The van der Waals surface area contributed by atoms with Crippen molar-refractivity contribution in [1.82, 2.24) is 4.90 Å². The lowest BCUT2D eigenvalue weighted by Crippen LogP contribution is -2.37. The number of amides is 1. The Balaban J connectivity index is 2.09. The molecule has 1 aliphatic heterocycles. The zero-order chi connectivity index (χ0) is 18.4. The number of methoxy groups -OCH3 is 1. The zero-order valence-electron chi connectivity index (χ0n) is 14.7. The number of benzene rings is 1. The second-order valence-corrected chi connectivity index (χ2v) is 6.24. The number of allylic oxidation sites excluding steroid dienone is 1. The molecular weight excluding hydrogens is 322 g/mol. The number of carbonyl (C=O) groups excluding carboxylic acids is 1. The van der Waals surface area contributed by atoms with Gasteiger partial charge in [-0.15, -0.1) is 0 Å². The van der Waals surface area contributed by atoms with Crippen LogP contribution in [0.3, 0.4) is 0 Å². The fourth-order valence-electron chi connectivity index (χ4n) is 3.06. The van der Waals surface area contributed by atoms with E-state index in [4.69, 9.17) is 4.74 Å². The van der Waals surface area contributed by atoms with Crippen LogP contribution < -0.4 is 4.74 Å². The first-order valence-electron chi connectivity index (χ1n) is 8.56. The SMILES string of the molecule is CCCC(=O)N1CCC(C=Cc2cc(OC)cc(O)c2C(=O)O)CC1. The number of aromatic hydroxyl groups is 1. The van der Waals surface area contributed by atoms with Crippen molar-refractivity contribution in [2.45, 2.75) is 32.6 Å².